The Hall–Kier alpha value is -5.68. The Morgan fingerprint density at radius 1 is 0.512 bits per heavy atom. The molecule has 0 spiro atoms. The third-order valence-electron chi connectivity index (χ3n) is 8.20. The van der Waals surface area contributed by atoms with E-state index in [1.807, 2.05) is 60.9 Å². The van der Waals surface area contributed by atoms with E-state index in [4.69, 9.17) is 4.42 Å². The predicted octanol–water partition coefficient (Wildman–Crippen LogP) is 8.54. The van der Waals surface area contributed by atoms with Crippen LogP contribution < -0.4 is 5.43 Å². The zero-order chi connectivity index (χ0) is 27.1. The Morgan fingerprint density at radius 2 is 1.17 bits per heavy atom. The van der Waals surface area contributed by atoms with Crippen molar-refractivity contribution in [1.82, 2.24) is 14.1 Å². The van der Waals surface area contributed by atoms with Crippen molar-refractivity contribution in [3.8, 4) is 11.4 Å². The van der Waals surface area contributed by atoms with E-state index in [0.29, 0.717) is 21.9 Å². The number of benzene rings is 5. The molecule has 0 aliphatic carbocycles. The Bertz CT molecular complexity index is 2550. The second-order valence-corrected chi connectivity index (χ2v) is 10.4. The van der Waals surface area contributed by atoms with Gasteiger partial charge in [-0.05, 0) is 54.6 Å². The zero-order valence-electron chi connectivity index (χ0n) is 21.8. The summed E-state index contributed by atoms with van der Waals surface area (Å²) in [5.41, 5.74) is 7.38. The SMILES string of the molecule is O=c1c2ccccc2oc2ccc(-n3c4cnccc4c4ccc5c6ccccc6n(-c6ccccc6)c5c43)cc12. The fourth-order valence-electron chi connectivity index (χ4n) is 6.44. The minimum Gasteiger partial charge on any atom is -0.456 e. The van der Waals surface area contributed by atoms with Crippen molar-refractivity contribution in [3.05, 3.63) is 138 Å². The molecule has 4 heterocycles. The van der Waals surface area contributed by atoms with Crippen molar-refractivity contribution in [1.29, 1.82) is 0 Å². The smallest absolute Gasteiger partial charge is 0.200 e. The third kappa shape index (κ3) is 3.00. The van der Waals surface area contributed by atoms with Gasteiger partial charge in [-0.2, -0.15) is 0 Å². The summed E-state index contributed by atoms with van der Waals surface area (Å²) in [6.45, 7) is 0. The van der Waals surface area contributed by atoms with Crippen LogP contribution in [0, 0.1) is 0 Å². The summed E-state index contributed by atoms with van der Waals surface area (Å²) in [6.07, 6.45) is 3.74. The molecular formula is C36H21N3O2. The third-order valence-corrected chi connectivity index (χ3v) is 8.20. The number of fused-ring (bicyclic) bond motifs is 9. The molecular weight excluding hydrogens is 506 g/mol. The molecule has 0 radical (unpaired) electrons. The van der Waals surface area contributed by atoms with Gasteiger partial charge in [0.1, 0.15) is 11.2 Å². The monoisotopic (exact) mass is 527 g/mol. The molecule has 0 aliphatic heterocycles. The van der Waals surface area contributed by atoms with Gasteiger partial charge in [-0.25, -0.2) is 0 Å². The highest BCUT2D eigenvalue weighted by Crippen LogP contribution is 2.41. The van der Waals surface area contributed by atoms with E-state index in [0.717, 1.165) is 44.2 Å². The average molecular weight is 528 g/mol. The van der Waals surface area contributed by atoms with E-state index >= 15 is 0 Å². The van der Waals surface area contributed by atoms with Crippen LogP contribution in [0.25, 0.3) is 76.9 Å². The number of aromatic nitrogens is 3. The predicted molar refractivity (Wildman–Crippen MR) is 166 cm³/mol. The van der Waals surface area contributed by atoms with E-state index in [-0.39, 0.29) is 5.43 Å². The Morgan fingerprint density at radius 3 is 2.00 bits per heavy atom. The van der Waals surface area contributed by atoms with Crippen molar-refractivity contribution in [2.45, 2.75) is 0 Å². The molecule has 0 aliphatic rings. The molecule has 5 heteroatoms. The Kier molecular flexibility index (Phi) is 4.41. The maximum absolute atomic E-state index is 13.6. The molecule has 4 aromatic heterocycles. The summed E-state index contributed by atoms with van der Waals surface area (Å²) in [5.74, 6) is 0. The van der Waals surface area contributed by atoms with Gasteiger partial charge >= 0.3 is 0 Å². The number of rotatable bonds is 2. The first-order valence-electron chi connectivity index (χ1n) is 13.6. The first-order valence-corrected chi connectivity index (χ1v) is 13.6. The highest BCUT2D eigenvalue weighted by atomic mass is 16.3. The summed E-state index contributed by atoms with van der Waals surface area (Å²) < 4.78 is 10.7. The van der Waals surface area contributed by atoms with Crippen LogP contribution in [0.1, 0.15) is 0 Å². The number of nitrogens with zero attached hydrogens (tertiary/aromatic N) is 3. The highest BCUT2D eigenvalue weighted by molar-refractivity contribution is 6.23. The van der Waals surface area contributed by atoms with Gasteiger partial charge in [0.15, 0.2) is 0 Å². The molecule has 5 aromatic carbocycles. The van der Waals surface area contributed by atoms with Crippen LogP contribution in [-0.4, -0.2) is 14.1 Å². The van der Waals surface area contributed by atoms with Gasteiger partial charge in [-0.15, -0.1) is 0 Å². The lowest BCUT2D eigenvalue weighted by Crippen LogP contribution is -2.04. The normalized spacial score (nSPS) is 12.0. The Balaban J connectivity index is 1.49. The molecule has 9 aromatic rings. The lowest BCUT2D eigenvalue weighted by Gasteiger charge is -2.13. The first-order chi connectivity index (χ1) is 20.3. The van der Waals surface area contributed by atoms with Crippen LogP contribution in [0.5, 0.6) is 0 Å². The second kappa shape index (κ2) is 8.16. The minimum atomic E-state index is -0.0360. The maximum Gasteiger partial charge on any atom is 0.200 e. The lowest BCUT2D eigenvalue weighted by atomic mass is 10.1. The van der Waals surface area contributed by atoms with Crippen LogP contribution in [0.4, 0.5) is 0 Å². The van der Waals surface area contributed by atoms with Gasteiger partial charge in [0.05, 0.1) is 39.0 Å². The van der Waals surface area contributed by atoms with Crippen LogP contribution in [-0.2, 0) is 0 Å². The van der Waals surface area contributed by atoms with E-state index < -0.39 is 0 Å². The molecule has 5 nitrogen and oxygen atoms in total. The minimum absolute atomic E-state index is 0.0360. The molecule has 0 saturated carbocycles. The van der Waals surface area contributed by atoms with Crippen molar-refractivity contribution in [2.75, 3.05) is 0 Å². The largest absolute Gasteiger partial charge is 0.456 e. The van der Waals surface area contributed by atoms with Gasteiger partial charge in [0.25, 0.3) is 0 Å². The highest BCUT2D eigenvalue weighted by Gasteiger charge is 2.21. The number of pyridine rings is 1. The quantitative estimate of drug-likeness (QED) is 0.212. The van der Waals surface area contributed by atoms with Crippen LogP contribution >= 0.6 is 0 Å². The van der Waals surface area contributed by atoms with Gasteiger partial charge in [-0.1, -0.05) is 60.7 Å². The topological polar surface area (TPSA) is 53.0 Å². The number of hydrogen-bond acceptors (Lipinski definition) is 3. The fourth-order valence-corrected chi connectivity index (χ4v) is 6.44. The van der Waals surface area contributed by atoms with Crippen LogP contribution in [0.15, 0.2) is 137 Å². The summed E-state index contributed by atoms with van der Waals surface area (Å²) in [4.78, 5) is 18.1. The molecule has 9 rings (SSSR count). The fraction of sp³-hybridized carbons (Fsp3) is 0. The Labute approximate surface area is 233 Å². The van der Waals surface area contributed by atoms with E-state index in [1.54, 1.807) is 0 Å². The van der Waals surface area contributed by atoms with Gasteiger partial charge in [0.2, 0.25) is 5.43 Å². The second-order valence-electron chi connectivity index (χ2n) is 10.4. The van der Waals surface area contributed by atoms with Crippen molar-refractivity contribution in [3.63, 3.8) is 0 Å². The molecule has 0 unspecified atom stereocenters. The van der Waals surface area contributed by atoms with Gasteiger partial charge < -0.3 is 13.6 Å². The number of para-hydroxylation sites is 3. The van der Waals surface area contributed by atoms with Gasteiger partial charge in [-0.3, -0.25) is 9.78 Å². The molecule has 0 saturated heterocycles. The molecule has 0 atom stereocenters. The molecule has 0 bridgehead atoms. The van der Waals surface area contributed by atoms with E-state index in [2.05, 4.69) is 80.8 Å². The lowest BCUT2D eigenvalue weighted by molar-refractivity contribution is 0.660. The van der Waals surface area contributed by atoms with E-state index in [1.165, 1.54) is 10.8 Å². The van der Waals surface area contributed by atoms with Crippen LogP contribution in [0.2, 0.25) is 0 Å². The van der Waals surface area contributed by atoms with Crippen molar-refractivity contribution < 1.29 is 4.42 Å². The van der Waals surface area contributed by atoms with Gasteiger partial charge in [0, 0.05) is 39.1 Å². The van der Waals surface area contributed by atoms with Crippen molar-refractivity contribution >= 4 is 65.6 Å². The summed E-state index contributed by atoms with van der Waals surface area (Å²) >= 11 is 0. The molecule has 0 amide bonds. The van der Waals surface area contributed by atoms with Crippen LogP contribution in [0.3, 0.4) is 0 Å². The maximum atomic E-state index is 13.6. The zero-order valence-corrected chi connectivity index (χ0v) is 21.8. The summed E-state index contributed by atoms with van der Waals surface area (Å²) in [5, 5.41) is 5.71. The molecule has 192 valence electrons. The first kappa shape index (κ1) is 22.2. The standard InChI is InChI=1S/C36H21N3O2/c40-36-28-11-5-7-13-32(28)41-33-17-14-23(20-29(33)36)39-31-21-37-19-18-25(31)27-16-15-26-24-10-4-6-12-30(24)38(34(26)35(27)39)22-8-2-1-3-9-22/h1-21H. The molecule has 41 heavy (non-hydrogen) atoms. The summed E-state index contributed by atoms with van der Waals surface area (Å²) in [6, 6.07) is 38.8. The molecule has 0 N–H and O–H groups in total. The molecule has 0 fully saturated rings. The number of hydrogen-bond donors (Lipinski definition) is 0. The van der Waals surface area contributed by atoms with Crippen molar-refractivity contribution in [2.24, 2.45) is 0 Å². The van der Waals surface area contributed by atoms with E-state index in [9.17, 15) is 4.79 Å². The summed E-state index contributed by atoms with van der Waals surface area (Å²) in [7, 11) is 0. The average Bonchev–Trinajstić information content (AvgIpc) is 3.55.